The predicted molar refractivity (Wildman–Crippen MR) is 110 cm³/mol. The molecule has 1 aliphatic carbocycles. The van der Waals surface area contributed by atoms with Crippen molar-refractivity contribution in [3.8, 4) is 5.75 Å². The predicted octanol–water partition coefficient (Wildman–Crippen LogP) is 4.52. The normalized spacial score (nSPS) is 19.0. The lowest BCUT2D eigenvalue weighted by Crippen LogP contribution is -2.43. The van der Waals surface area contributed by atoms with Crippen LogP contribution in [0.5, 0.6) is 5.75 Å². The number of anilines is 1. The summed E-state index contributed by atoms with van der Waals surface area (Å²) >= 11 is 1.43. The third-order valence-electron chi connectivity index (χ3n) is 5.09. The van der Waals surface area contributed by atoms with Gasteiger partial charge in [0.05, 0.1) is 22.9 Å². The lowest BCUT2D eigenvalue weighted by atomic mass is 10.1. The van der Waals surface area contributed by atoms with Crippen LogP contribution in [0.25, 0.3) is 10.2 Å². The zero-order valence-electron chi connectivity index (χ0n) is 15.8. The number of ether oxygens (including phenoxy) is 1. The molecule has 0 radical (unpaired) electrons. The van der Waals surface area contributed by atoms with Crippen molar-refractivity contribution in [2.75, 3.05) is 12.4 Å². The first-order chi connectivity index (χ1) is 13.5. The largest absolute Gasteiger partial charge is 0.496 e. The second-order valence-corrected chi connectivity index (χ2v) is 8.13. The highest BCUT2D eigenvalue weighted by Crippen LogP contribution is 2.30. The Labute approximate surface area is 166 Å². The summed E-state index contributed by atoms with van der Waals surface area (Å²) in [7, 11) is 1.57. The number of hydrogen-bond donors (Lipinski definition) is 2. The molecule has 28 heavy (non-hydrogen) atoms. The molecule has 3 aromatic rings. The Morgan fingerprint density at radius 2 is 2.04 bits per heavy atom. The molecule has 1 aromatic heterocycles. The Hall–Kier alpha value is -2.67. The van der Waals surface area contributed by atoms with Crippen LogP contribution in [0.1, 0.15) is 35.2 Å². The Morgan fingerprint density at radius 3 is 2.86 bits per heavy atom. The summed E-state index contributed by atoms with van der Waals surface area (Å²) < 4.78 is 19.6. The molecule has 0 unspecified atom stereocenters. The van der Waals surface area contributed by atoms with Crippen LogP contribution in [0.2, 0.25) is 0 Å². The summed E-state index contributed by atoms with van der Waals surface area (Å²) in [5.41, 5.74) is 2.33. The Bertz CT molecular complexity index is 1020. The lowest BCUT2D eigenvalue weighted by Gasteiger charge is -2.22. The number of aryl methyl sites for hydroxylation is 1. The number of rotatable bonds is 5. The van der Waals surface area contributed by atoms with Gasteiger partial charge in [-0.25, -0.2) is 9.37 Å². The number of amides is 1. The van der Waals surface area contributed by atoms with E-state index in [1.165, 1.54) is 23.5 Å². The molecule has 5 nitrogen and oxygen atoms in total. The minimum absolute atomic E-state index is 0.00136. The Balaban J connectivity index is 1.48. The number of carbonyl (C=O) groups is 1. The van der Waals surface area contributed by atoms with Crippen molar-refractivity contribution in [1.82, 2.24) is 10.3 Å². The standard InChI is InChI=1S/C21H22FN3O2S/c1-12-6-9-18(27-2)14(10-12)20(26)23-15-4-3-5-16(15)24-21-25-17-8-7-13(22)11-19(17)28-21/h6-11,15-16H,3-5H2,1-2H3,(H,23,26)(H,24,25)/t15-,16+/m0/s1. The van der Waals surface area contributed by atoms with Gasteiger partial charge in [-0.1, -0.05) is 23.0 Å². The number of halogens is 1. The molecule has 1 aliphatic rings. The van der Waals surface area contributed by atoms with E-state index in [2.05, 4.69) is 15.6 Å². The molecule has 2 N–H and O–H groups in total. The number of aromatic nitrogens is 1. The Morgan fingerprint density at radius 1 is 1.21 bits per heavy atom. The van der Waals surface area contributed by atoms with E-state index in [-0.39, 0.29) is 23.8 Å². The number of hydrogen-bond acceptors (Lipinski definition) is 5. The summed E-state index contributed by atoms with van der Waals surface area (Å²) in [6, 6.07) is 10.3. The van der Waals surface area contributed by atoms with E-state index in [1.54, 1.807) is 13.2 Å². The van der Waals surface area contributed by atoms with E-state index in [0.717, 1.165) is 40.2 Å². The molecular weight excluding hydrogens is 377 g/mol. The first kappa shape index (κ1) is 18.7. The zero-order chi connectivity index (χ0) is 19.7. The molecule has 4 rings (SSSR count). The van der Waals surface area contributed by atoms with Gasteiger partial charge < -0.3 is 15.4 Å². The number of nitrogens with one attached hydrogen (secondary N) is 2. The molecule has 146 valence electrons. The van der Waals surface area contributed by atoms with Gasteiger partial charge in [-0.2, -0.15) is 0 Å². The number of thiazole rings is 1. The van der Waals surface area contributed by atoms with E-state index < -0.39 is 0 Å². The van der Waals surface area contributed by atoms with E-state index in [9.17, 15) is 9.18 Å². The van der Waals surface area contributed by atoms with Gasteiger partial charge in [-0.3, -0.25) is 4.79 Å². The maximum absolute atomic E-state index is 13.4. The molecule has 7 heteroatoms. The zero-order valence-corrected chi connectivity index (χ0v) is 16.6. The number of methoxy groups -OCH3 is 1. The summed E-state index contributed by atoms with van der Waals surface area (Å²) in [4.78, 5) is 17.4. The molecular formula is C21H22FN3O2S. The number of fused-ring (bicyclic) bond motifs is 1. The van der Waals surface area contributed by atoms with Crippen LogP contribution < -0.4 is 15.4 Å². The van der Waals surface area contributed by atoms with Crippen molar-refractivity contribution in [3.05, 3.63) is 53.3 Å². The van der Waals surface area contributed by atoms with E-state index in [4.69, 9.17) is 4.74 Å². The van der Waals surface area contributed by atoms with E-state index in [0.29, 0.717) is 11.3 Å². The summed E-state index contributed by atoms with van der Waals surface area (Å²) in [6.07, 6.45) is 2.87. The third-order valence-corrected chi connectivity index (χ3v) is 6.04. The fraction of sp³-hybridized carbons (Fsp3) is 0.333. The van der Waals surface area contributed by atoms with E-state index in [1.807, 2.05) is 25.1 Å². The molecule has 0 aliphatic heterocycles. The topological polar surface area (TPSA) is 63.2 Å². The van der Waals surface area contributed by atoms with Crippen molar-refractivity contribution in [1.29, 1.82) is 0 Å². The number of carbonyl (C=O) groups excluding carboxylic acids is 1. The van der Waals surface area contributed by atoms with Gasteiger partial charge in [0, 0.05) is 12.1 Å². The number of nitrogens with zero attached hydrogens (tertiary/aromatic N) is 1. The second kappa shape index (κ2) is 7.75. The van der Waals surface area contributed by atoms with Crippen molar-refractivity contribution in [3.63, 3.8) is 0 Å². The SMILES string of the molecule is COc1ccc(C)cc1C(=O)N[C@H]1CCC[C@H]1Nc1nc2ccc(F)cc2s1. The molecule has 1 heterocycles. The highest BCUT2D eigenvalue weighted by atomic mass is 32.1. The molecule has 1 fully saturated rings. The summed E-state index contributed by atoms with van der Waals surface area (Å²) in [5.74, 6) is 0.172. The molecule has 0 bridgehead atoms. The Kier molecular flexibility index (Phi) is 5.17. The molecule has 2 atom stereocenters. The van der Waals surface area contributed by atoms with Crippen molar-refractivity contribution < 1.29 is 13.9 Å². The first-order valence-electron chi connectivity index (χ1n) is 9.31. The van der Waals surface area contributed by atoms with Gasteiger partial charge in [0.25, 0.3) is 5.91 Å². The van der Waals surface area contributed by atoms with Crippen molar-refractivity contribution >= 4 is 32.6 Å². The van der Waals surface area contributed by atoms with Gasteiger partial charge in [-0.15, -0.1) is 0 Å². The van der Waals surface area contributed by atoms with Crippen LogP contribution >= 0.6 is 11.3 Å². The van der Waals surface area contributed by atoms with Gasteiger partial charge >= 0.3 is 0 Å². The third kappa shape index (κ3) is 3.80. The smallest absolute Gasteiger partial charge is 0.255 e. The van der Waals surface area contributed by atoms with Gasteiger partial charge in [-0.05, 0) is 56.5 Å². The van der Waals surface area contributed by atoms with Crippen molar-refractivity contribution in [2.45, 2.75) is 38.3 Å². The van der Waals surface area contributed by atoms with Gasteiger partial charge in [0.2, 0.25) is 0 Å². The van der Waals surface area contributed by atoms with Gasteiger partial charge in [0.15, 0.2) is 5.13 Å². The molecule has 0 spiro atoms. The minimum atomic E-state index is -0.263. The van der Waals surface area contributed by atoms with Crippen LogP contribution in [0.3, 0.4) is 0 Å². The maximum atomic E-state index is 13.4. The van der Waals surface area contributed by atoms with Crippen LogP contribution in [0.15, 0.2) is 36.4 Å². The van der Waals surface area contributed by atoms with Crippen molar-refractivity contribution in [2.24, 2.45) is 0 Å². The molecule has 2 aromatic carbocycles. The average Bonchev–Trinajstić information content (AvgIpc) is 3.27. The summed E-state index contributed by atoms with van der Waals surface area (Å²) in [5, 5.41) is 7.33. The monoisotopic (exact) mass is 399 g/mol. The lowest BCUT2D eigenvalue weighted by molar-refractivity contribution is 0.0932. The minimum Gasteiger partial charge on any atom is -0.496 e. The molecule has 1 amide bonds. The van der Waals surface area contributed by atoms with Crippen LogP contribution in [-0.2, 0) is 0 Å². The maximum Gasteiger partial charge on any atom is 0.255 e. The fourth-order valence-electron chi connectivity index (χ4n) is 3.67. The van der Waals surface area contributed by atoms with Crippen LogP contribution in [0.4, 0.5) is 9.52 Å². The van der Waals surface area contributed by atoms with Crippen LogP contribution in [-0.4, -0.2) is 30.1 Å². The summed E-state index contributed by atoms with van der Waals surface area (Å²) in [6.45, 7) is 1.95. The fourth-order valence-corrected chi connectivity index (χ4v) is 4.62. The first-order valence-corrected chi connectivity index (χ1v) is 10.1. The molecule has 1 saturated carbocycles. The van der Waals surface area contributed by atoms with Crippen LogP contribution in [0, 0.1) is 12.7 Å². The number of benzene rings is 2. The highest BCUT2D eigenvalue weighted by molar-refractivity contribution is 7.22. The second-order valence-electron chi connectivity index (χ2n) is 7.10. The average molecular weight is 399 g/mol. The highest BCUT2D eigenvalue weighted by Gasteiger charge is 2.30. The quantitative estimate of drug-likeness (QED) is 0.662. The van der Waals surface area contributed by atoms with Gasteiger partial charge in [0.1, 0.15) is 11.6 Å². The molecule has 0 saturated heterocycles. The van der Waals surface area contributed by atoms with E-state index >= 15 is 0 Å².